The summed E-state index contributed by atoms with van der Waals surface area (Å²) in [6.45, 7) is 0. The lowest BCUT2D eigenvalue weighted by Crippen LogP contribution is -2.11. The Bertz CT molecular complexity index is 1210. The number of nitrogens with one attached hydrogen (secondary N) is 1. The molecule has 0 unspecified atom stereocenters. The summed E-state index contributed by atoms with van der Waals surface area (Å²) in [7, 11) is 0. The minimum absolute atomic E-state index is 0.135. The van der Waals surface area contributed by atoms with Crippen LogP contribution in [0.25, 0.3) is 22.6 Å². The summed E-state index contributed by atoms with van der Waals surface area (Å²) in [5, 5.41) is 3.92. The van der Waals surface area contributed by atoms with Crippen LogP contribution in [0.3, 0.4) is 0 Å². The Morgan fingerprint density at radius 1 is 0.903 bits per heavy atom. The van der Waals surface area contributed by atoms with Gasteiger partial charge in [-0.3, -0.25) is 0 Å². The number of hydrogen-bond donors (Lipinski definition) is 1. The summed E-state index contributed by atoms with van der Waals surface area (Å²) in [5.74, 6) is 0.779. The van der Waals surface area contributed by atoms with Crippen LogP contribution in [-0.2, 0) is 6.18 Å². The Morgan fingerprint density at radius 2 is 1.65 bits per heavy atom. The smallest absolute Gasteiger partial charge is 0.433 e. The van der Waals surface area contributed by atoms with Gasteiger partial charge in [-0.25, -0.2) is 15.4 Å². The first-order valence-electron chi connectivity index (χ1n) is 9.05. The molecule has 0 aliphatic carbocycles. The van der Waals surface area contributed by atoms with Gasteiger partial charge in [0.25, 0.3) is 0 Å². The molecule has 9 heteroatoms. The van der Waals surface area contributed by atoms with E-state index in [9.17, 15) is 13.2 Å². The fraction of sp³-hybridized carbons (Fsp3) is 0.0455. The molecule has 0 fully saturated rings. The maximum Gasteiger partial charge on any atom is 0.433 e. The first-order valence-corrected chi connectivity index (χ1v) is 9.84. The number of furan rings is 1. The molecule has 0 amide bonds. The van der Waals surface area contributed by atoms with Gasteiger partial charge in [0.15, 0.2) is 5.69 Å². The Morgan fingerprint density at radius 3 is 2.35 bits per heavy atom. The molecule has 1 N–H and O–H groups in total. The van der Waals surface area contributed by atoms with E-state index in [1.165, 1.54) is 6.21 Å². The zero-order chi connectivity index (χ0) is 21.8. The molecule has 0 aliphatic heterocycles. The van der Waals surface area contributed by atoms with Gasteiger partial charge in [0.1, 0.15) is 11.5 Å². The molecule has 0 bridgehead atoms. The normalized spacial score (nSPS) is 11.7. The lowest BCUT2D eigenvalue weighted by atomic mass is 10.1. The van der Waals surface area contributed by atoms with E-state index in [1.807, 2.05) is 24.3 Å². The van der Waals surface area contributed by atoms with E-state index in [-0.39, 0.29) is 11.6 Å². The van der Waals surface area contributed by atoms with Crippen LogP contribution < -0.4 is 5.43 Å². The number of hydrogen-bond acceptors (Lipinski definition) is 5. The van der Waals surface area contributed by atoms with Crippen LogP contribution in [0.2, 0.25) is 0 Å². The van der Waals surface area contributed by atoms with E-state index >= 15 is 0 Å². The minimum Gasteiger partial charge on any atom is -0.455 e. The van der Waals surface area contributed by atoms with Gasteiger partial charge >= 0.3 is 6.18 Å². The SMILES string of the molecule is FC(F)(F)c1cc(-c2ccccc2)nc(N/N=C\c2ccc(-c3ccc(Br)cc3)o2)n1. The Labute approximate surface area is 183 Å². The zero-order valence-electron chi connectivity index (χ0n) is 15.8. The molecule has 2 aromatic carbocycles. The fourth-order valence-corrected chi connectivity index (χ4v) is 3.01. The standard InChI is InChI=1S/C22H14BrF3N4O/c23-16-8-6-15(7-9-16)19-11-10-17(31-19)13-27-30-21-28-18(14-4-2-1-3-5-14)12-20(29-21)22(24,25)26/h1-13H,(H,28,29,30)/b27-13-. The number of benzene rings is 2. The number of aromatic nitrogens is 2. The van der Waals surface area contributed by atoms with Crippen molar-refractivity contribution in [3.05, 3.63) is 88.7 Å². The quantitative estimate of drug-likeness (QED) is 0.254. The van der Waals surface area contributed by atoms with Gasteiger partial charge < -0.3 is 4.42 Å². The molecule has 4 aromatic rings. The van der Waals surface area contributed by atoms with Crippen LogP contribution in [0.1, 0.15) is 11.5 Å². The number of anilines is 1. The van der Waals surface area contributed by atoms with Crippen molar-refractivity contribution in [3.63, 3.8) is 0 Å². The average Bonchev–Trinajstić information content (AvgIpc) is 3.23. The third-order valence-electron chi connectivity index (χ3n) is 4.20. The van der Waals surface area contributed by atoms with Crippen molar-refractivity contribution in [3.8, 4) is 22.6 Å². The predicted molar refractivity (Wildman–Crippen MR) is 116 cm³/mol. The molecule has 0 radical (unpaired) electrons. The van der Waals surface area contributed by atoms with Crippen LogP contribution in [0.15, 0.2) is 86.8 Å². The molecule has 0 saturated carbocycles. The molecule has 0 atom stereocenters. The first kappa shape index (κ1) is 20.8. The van der Waals surface area contributed by atoms with Crippen molar-refractivity contribution in [1.29, 1.82) is 0 Å². The van der Waals surface area contributed by atoms with E-state index in [0.717, 1.165) is 16.1 Å². The van der Waals surface area contributed by atoms with Gasteiger partial charge in [0.05, 0.1) is 11.9 Å². The number of hydrazone groups is 1. The van der Waals surface area contributed by atoms with Gasteiger partial charge in [0, 0.05) is 15.6 Å². The minimum atomic E-state index is -4.62. The van der Waals surface area contributed by atoms with E-state index in [2.05, 4.69) is 36.4 Å². The van der Waals surface area contributed by atoms with Gasteiger partial charge in [0.2, 0.25) is 5.95 Å². The van der Waals surface area contributed by atoms with E-state index < -0.39 is 11.9 Å². The van der Waals surface area contributed by atoms with Gasteiger partial charge in [-0.15, -0.1) is 0 Å². The van der Waals surface area contributed by atoms with Crippen molar-refractivity contribution < 1.29 is 17.6 Å². The number of halogens is 4. The highest BCUT2D eigenvalue weighted by Crippen LogP contribution is 2.31. The van der Waals surface area contributed by atoms with Crippen molar-refractivity contribution in [1.82, 2.24) is 9.97 Å². The maximum absolute atomic E-state index is 13.3. The second-order valence-corrected chi connectivity index (χ2v) is 7.32. The molecule has 0 spiro atoms. The molecular formula is C22H14BrF3N4O. The molecule has 2 aromatic heterocycles. The Kier molecular flexibility index (Phi) is 5.85. The summed E-state index contributed by atoms with van der Waals surface area (Å²) in [5.41, 5.74) is 2.94. The van der Waals surface area contributed by atoms with Crippen molar-refractivity contribution in [2.24, 2.45) is 5.10 Å². The van der Waals surface area contributed by atoms with Crippen LogP contribution in [-0.4, -0.2) is 16.2 Å². The van der Waals surface area contributed by atoms with Crippen LogP contribution in [0.4, 0.5) is 19.1 Å². The van der Waals surface area contributed by atoms with Crippen molar-refractivity contribution in [2.45, 2.75) is 6.18 Å². The number of alkyl halides is 3. The predicted octanol–water partition coefficient (Wildman–Crippen LogP) is 6.63. The van der Waals surface area contributed by atoms with Gasteiger partial charge in [-0.1, -0.05) is 58.4 Å². The second-order valence-electron chi connectivity index (χ2n) is 6.40. The number of rotatable bonds is 5. The molecule has 0 saturated heterocycles. The largest absolute Gasteiger partial charge is 0.455 e. The van der Waals surface area contributed by atoms with Crippen molar-refractivity contribution in [2.75, 3.05) is 5.43 Å². The molecule has 5 nitrogen and oxygen atoms in total. The molecule has 4 rings (SSSR count). The van der Waals surface area contributed by atoms with Crippen LogP contribution in [0, 0.1) is 0 Å². The van der Waals surface area contributed by atoms with E-state index in [0.29, 0.717) is 17.1 Å². The molecule has 2 heterocycles. The van der Waals surface area contributed by atoms with E-state index in [4.69, 9.17) is 4.42 Å². The zero-order valence-corrected chi connectivity index (χ0v) is 17.4. The van der Waals surface area contributed by atoms with Gasteiger partial charge in [-0.2, -0.15) is 18.3 Å². The third-order valence-corrected chi connectivity index (χ3v) is 4.73. The molecule has 0 aliphatic rings. The summed E-state index contributed by atoms with van der Waals surface area (Å²) in [6.07, 6.45) is -3.28. The topological polar surface area (TPSA) is 63.3 Å². The summed E-state index contributed by atoms with van der Waals surface area (Å²) < 4.78 is 46.4. The third kappa shape index (κ3) is 5.18. The molecule has 31 heavy (non-hydrogen) atoms. The summed E-state index contributed by atoms with van der Waals surface area (Å²) in [4.78, 5) is 7.66. The average molecular weight is 487 g/mol. The second kappa shape index (κ2) is 8.73. The first-order chi connectivity index (χ1) is 14.9. The van der Waals surface area contributed by atoms with Crippen LogP contribution in [0.5, 0.6) is 0 Å². The Hall–Kier alpha value is -3.46. The summed E-state index contributed by atoms with van der Waals surface area (Å²) >= 11 is 3.37. The highest BCUT2D eigenvalue weighted by Gasteiger charge is 2.33. The highest BCUT2D eigenvalue weighted by molar-refractivity contribution is 9.10. The Balaban J connectivity index is 1.55. The summed E-state index contributed by atoms with van der Waals surface area (Å²) in [6, 6.07) is 20.5. The molecular weight excluding hydrogens is 473 g/mol. The lowest BCUT2D eigenvalue weighted by molar-refractivity contribution is -0.141. The van der Waals surface area contributed by atoms with E-state index in [1.54, 1.807) is 42.5 Å². The van der Waals surface area contributed by atoms with Crippen LogP contribution >= 0.6 is 15.9 Å². The lowest BCUT2D eigenvalue weighted by Gasteiger charge is -2.10. The number of nitrogens with zero attached hydrogens (tertiary/aromatic N) is 3. The molecule has 156 valence electrons. The van der Waals surface area contributed by atoms with Gasteiger partial charge in [-0.05, 0) is 30.3 Å². The fourth-order valence-electron chi connectivity index (χ4n) is 2.74. The monoisotopic (exact) mass is 486 g/mol. The highest BCUT2D eigenvalue weighted by atomic mass is 79.9. The maximum atomic E-state index is 13.3. The van der Waals surface area contributed by atoms with Crippen molar-refractivity contribution >= 4 is 28.1 Å².